The molecule has 4 heteroatoms. The molecule has 0 aliphatic carbocycles. The summed E-state index contributed by atoms with van der Waals surface area (Å²) >= 11 is 0. The maximum absolute atomic E-state index is 5.52. The largest absolute Gasteiger partial charge is 3.00 e. The maximum atomic E-state index is 5.52. The molecule has 0 aromatic heterocycles. The summed E-state index contributed by atoms with van der Waals surface area (Å²) in [6.07, 6.45) is 0. The van der Waals surface area contributed by atoms with Crippen LogP contribution in [-0.4, -0.2) is 0 Å². The Morgan fingerprint density at radius 2 is 1.44 bits per heavy atom. The van der Waals surface area contributed by atoms with E-state index < -0.39 is 0 Å². The van der Waals surface area contributed by atoms with Crippen LogP contribution in [-0.2, 0) is 26.2 Å². The monoisotopic (exact) mass is 329 g/mol. The fourth-order valence-electron chi connectivity index (χ4n) is 1.06. The van der Waals surface area contributed by atoms with Crippen molar-refractivity contribution in [2.24, 2.45) is 0 Å². The zero-order valence-corrected chi connectivity index (χ0v) is 12.3. The molecule has 2 aromatic carbocycles. The average molecular weight is 331 g/mol. The third-order valence-corrected chi connectivity index (χ3v) is 1.65. The minimum atomic E-state index is 0. The predicted octanol–water partition coefficient (Wildman–Crippen LogP) is -2.72. The first kappa shape index (κ1) is 18.1. The van der Waals surface area contributed by atoms with Gasteiger partial charge in [0.05, 0.1) is 0 Å². The molecule has 0 N–H and O–H groups in total. The number of ether oxygens (including phenoxy) is 1. The first-order chi connectivity index (χ1) is 6.45. The van der Waals surface area contributed by atoms with Gasteiger partial charge < -0.3 is 29.6 Å². The van der Waals surface area contributed by atoms with Gasteiger partial charge in [0.15, 0.2) is 0 Å². The van der Waals surface area contributed by atoms with Gasteiger partial charge in [-0.3, -0.25) is 0 Å². The van der Waals surface area contributed by atoms with Crippen molar-refractivity contribution in [2.45, 2.75) is 0 Å². The Morgan fingerprint density at radius 1 is 0.812 bits per heavy atom. The Balaban J connectivity index is 0. The van der Waals surface area contributed by atoms with Crippen LogP contribution in [0.2, 0.25) is 0 Å². The molecule has 81 valence electrons. The molecule has 0 bridgehead atoms. The molecule has 0 saturated heterocycles. The SMILES string of the molecule is [Cl-].[Cl-].[Zr+3].[c-]1ccccc1Oc1ccccc1. The predicted molar refractivity (Wildman–Crippen MR) is 51.8 cm³/mol. The van der Waals surface area contributed by atoms with Crippen LogP contribution in [0.3, 0.4) is 0 Å². The Morgan fingerprint density at radius 3 is 2.00 bits per heavy atom. The number of rotatable bonds is 2. The summed E-state index contributed by atoms with van der Waals surface area (Å²) in [5.74, 6) is 1.58. The Kier molecular flexibility index (Phi) is 11.2. The third kappa shape index (κ3) is 5.70. The molecule has 16 heavy (non-hydrogen) atoms. The van der Waals surface area contributed by atoms with Crippen LogP contribution < -0.4 is 29.6 Å². The van der Waals surface area contributed by atoms with Crippen LogP contribution in [0, 0.1) is 6.07 Å². The van der Waals surface area contributed by atoms with Gasteiger partial charge in [-0.15, -0.1) is 12.1 Å². The molecule has 0 amide bonds. The molecule has 1 radical (unpaired) electrons. The Labute approximate surface area is 127 Å². The summed E-state index contributed by atoms with van der Waals surface area (Å²) in [5.41, 5.74) is 0. The van der Waals surface area contributed by atoms with Gasteiger partial charge in [-0.1, -0.05) is 18.2 Å². The smallest absolute Gasteiger partial charge is 1.00 e. The minimum absolute atomic E-state index is 0. The van der Waals surface area contributed by atoms with Crippen LogP contribution in [0.1, 0.15) is 0 Å². The van der Waals surface area contributed by atoms with Gasteiger partial charge in [-0.05, 0) is 12.1 Å². The van der Waals surface area contributed by atoms with E-state index in [-0.39, 0.29) is 51.0 Å². The van der Waals surface area contributed by atoms with Crippen molar-refractivity contribution in [3.63, 3.8) is 0 Å². The second-order valence-electron chi connectivity index (χ2n) is 2.64. The van der Waals surface area contributed by atoms with Crippen molar-refractivity contribution in [1.82, 2.24) is 0 Å². The van der Waals surface area contributed by atoms with Crippen molar-refractivity contribution < 1.29 is 55.8 Å². The molecule has 0 unspecified atom stereocenters. The Bertz CT molecular complexity index is 330. The van der Waals surface area contributed by atoms with E-state index in [1.165, 1.54) is 0 Å². The fraction of sp³-hybridized carbons (Fsp3) is 0. The van der Waals surface area contributed by atoms with Crippen molar-refractivity contribution >= 4 is 0 Å². The van der Waals surface area contributed by atoms with E-state index in [1.54, 1.807) is 0 Å². The second-order valence-corrected chi connectivity index (χ2v) is 2.64. The first-order valence-corrected chi connectivity index (χ1v) is 4.15. The maximum Gasteiger partial charge on any atom is 3.00 e. The van der Waals surface area contributed by atoms with Gasteiger partial charge in [0.2, 0.25) is 0 Å². The summed E-state index contributed by atoms with van der Waals surface area (Å²) in [7, 11) is 0. The summed E-state index contributed by atoms with van der Waals surface area (Å²) in [5, 5.41) is 0. The number of benzene rings is 2. The van der Waals surface area contributed by atoms with Gasteiger partial charge in [0, 0.05) is 5.75 Å². The van der Waals surface area contributed by atoms with Crippen molar-refractivity contribution in [3.8, 4) is 11.5 Å². The number of hydrogen-bond acceptors (Lipinski definition) is 1. The van der Waals surface area contributed by atoms with Crippen molar-refractivity contribution in [3.05, 3.63) is 60.7 Å². The van der Waals surface area contributed by atoms with E-state index in [0.29, 0.717) is 0 Å². The molecular formula is C12H9Cl2OZr. The molecule has 1 nitrogen and oxygen atoms in total. The van der Waals surface area contributed by atoms with Crippen LogP contribution in [0.15, 0.2) is 54.6 Å². The first-order valence-electron chi connectivity index (χ1n) is 4.15. The summed E-state index contributed by atoms with van der Waals surface area (Å²) < 4.78 is 5.52. The summed E-state index contributed by atoms with van der Waals surface area (Å²) in [4.78, 5) is 0. The third-order valence-electron chi connectivity index (χ3n) is 1.65. The van der Waals surface area contributed by atoms with E-state index in [0.717, 1.165) is 11.5 Å². The van der Waals surface area contributed by atoms with Crippen LogP contribution in [0.5, 0.6) is 11.5 Å². The van der Waals surface area contributed by atoms with E-state index in [2.05, 4.69) is 6.07 Å². The van der Waals surface area contributed by atoms with E-state index in [4.69, 9.17) is 4.74 Å². The van der Waals surface area contributed by atoms with Crippen LogP contribution >= 0.6 is 0 Å². The quantitative estimate of drug-likeness (QED) is 0.544. The van der Waals surface area contributed by atoms with Gasteiger partial charge in [0.25, 0.3) is 0 Å². The standard InChI is InChI=1S/C12H9O.2ClH.Zr/c1-3-7-11(8-4-1)13-12-9-5-2-6-10-12;;;/h1-9H;2*1H;/q-1;;;+3/p-2. The topological polar surface area (TPSA) is 9.23 Å². The summed E-state index contributed by atoms with van der Waals surface area (Å²) in [6.45, 7) is 0. The molecule has 0 heterocycles. The van der Waals surface area contributed by atoms with Gasteiger partial charge >= 0.3 is 26.2 Å². The molecule has 0 atom stereocenters. The molecule has 0 aliphatic heterocycles. The number of para-hydroxylation sites is 2. The van der Waals surface area contributed by atoms with Crippen LogP contribution in [0.4, 0.5) is 0 Å². The zero-order valence-electron chi connectivity index (χ0n) is 8.36. The molecule has 2 aromatic rings. The molecule has 0 fully saturated rings. The average Bonchev–Trinajstić information content (AvgIpc) is 2.21. The van der Waals surface area contributed by atoms with Crippen molar-refractivity contribution in [2.75, 3.05) is 0 Å². The number of halogens is 2. The molecule has 2 rings (SSSR count). The number of hydrogen-bond donors (Lipinski definition) is 0. The Hall–Kier alpha value is -0.297. The molecule has 0 saturated carbocycles. The molecule has 0 aliphatic rings. The van der Waals surface area contributed by atoms with E-state index >= 15 is 0 Å². The molecule has 0 spiro atoms. The van der Waals surface area contributed by atoms with Gasteiger partial charge in [0.1, 0.15) is 5.75 Å². The van der Waals surface area contributed by atoms with E-state index in [1.807, 2.05) is 54.6 Å². The normalized spacial score (nSPS) is 7.75. The van der Waals surface area contributed by atoms with Crippen LogP contribution in [0.25, 0.3) is 0 Å². The summed E-state index contributed by atoms with van der Waals surface area (Å²) in [6, 6.07) is 20.2. The zero-order chi connectivity index (χ0) is 8.93. The molecular weight excluding hydrogens is 322 g/mol. The van der Waals surface area contributed by atoms with Crippen molar-refractivity contribution in [1.29, 1.82) is 0 Å². The minimum Gasteiger partial charge on any atom is -1.00 e. The van der Waals surface area contributed by atoms with Gasteiger partial charge in [-0.25, -0.2) is 0 Å². The van der Waals surface area contributed by atoms with Gasteiger partial charge in [-0.2, -0.15) is 18.2 Å². The van der Waals surface area contributed by atoms with E-state index in [9.17, 15) is 0 Å². The second kappa shape index (κ2) is 9.90. The fourth-order valence-corrected chi connectivity index (χ4v) is 1.06.